The Bertz CT molecular complexity index is 1320. The number of carbonyl (C=O) groups is 2. The fourth-order valence-corrected chi connectivity index (χ4v) is 3.06. The number of aldehydes is 2. The molecule has 0 fully saturated rings. The Balaban J connectivity index is 0.000000723. The number of hydrogen-bond donors (Lipinski definition) is 0. The maximum atomic E-state index is 10.8. The largest absolute Gasteiger partial charge is 0.475 e. The predicted molar refractivity (Wildman–Crippen MR) is 180 cm³/mol. The van der Waals surface area contributed by atoms with Gasteiger partial charge in [0.25, 0.3) is 0 Å². The van der Waals surface area contributed by atoms with Crippen LogP contribution in [0.25, 0.3) is 0 Å². The van der Waals surface area contributed by atoms with Crippen molar-refractivity contribution < 1.29 is 72.2 Å². The van der Waals surface area contributed by atoms with Gasteiger partial charge in [-0.2, -0.15) is 0 Å². The number of hydrogen-bond acceptors (Lipinski definition) is 17. The van der Waals surface area contributed by atoms with E-state index < -0.39 is 7.15 Å². The van der Waals surface area contributed by atoms with Gasteiger partial charge in [-0.25, -0.2) is 15.0 Å². The number of methoxy groups -OCH3 is 6. The van der Waals surface area contributed by atoms with Gasteiger partial charge >= 0.3 is 0 Å². The minimum atomic E-state index is -1.00. The van der Waals surface area contributed by atoms with Crippen molar-refractivity contribution in [2.24, 2.45) is 0 Å². The molecule has 3 rings (SSSR count). The first-order valence-electron chi connectivity index (χ1n) is 15.5. The van der Waals surface area contributed by atoms with Gasteiger partial charge in [-0.1, -0.05) is 0 Å². The van der Waals surface area contributed by atoms with Crippen molar-refractivity contribution in [1.29, 1.82) is 0 Å². The Morgan fingerprint density at radius 3 is 1.61 bits per heavy atom. The summed E-state index contributed by atoms with van der Waals surface area (Å²) in [6.07, 6.45) is 5.81. The second-order valence-electron chi connectivity index (χ2n) is 8.87. The highest BCUT2D eigenvalue weighted by Gasteiger charge is 2.08. The van der Waals surface area contributed by atoms with Gasteiger partial charge in [-0.3, -0.25) is 14.0 Å². The number of halogens is 1. The summed E-state index contributed by atoms with van der Waals surface area (Å²) in [5.41, 5.74) is 0.694. The first-order valence-corrected chi connectivity index (χ1v) is 14.8. The average molecular weight is 731 g/mol. The van der Waals surface area contributed by atoms with Crippen LogP contribution in [0, 0.1) is 0 Å². The lowest BCUT2D eigenvalue weighted by molar-refractivity contribution is 0.0500. The van der Waals surface area contributed by atoms with E-state index >= 15 is 0 Å². The van der Waals surface area contributed by atoms with E-state index in [-0.39, 0.29) is 26.3 Å². The van der Waals surface area contributed by atoms with Crippen LogP contribution in [0.4, 0.5) is 4.39 Å². The van der Waals surface area contributed by atoms with Gasteiger partial charge in [0, 0.05) is 54.8 Å². The first-order chi connectivity index (χ1) is 25.4. The van der Waals surface area contributed by atoms with Crippen LogP contribution in [-0.2, 0) is 28.4 Å². The quantitative estimate of drug-likeness (QED) is 0.0784. The third kappa shape index (κ3) is 21.9. The van der Waals surface area contributed by atoms with Crippen LogP contribution in [-0.4, -0.2) is 137 Å². The molecule has 3 aromatic rings. The zero-order chi connectivity index (χ0) is 38.7. The molecule has 0 aliphatic heterocycles. The lowest BCUT2D eigenvalue weighted by Crippen LogP contribution is -2.08. The molecule has 0 bridgehead atoms. The normalized spacial score (nSPS) is 9.98. The Hall–Kier alpha value is -4.72. The molecule has 0 saturated carbocycles. The van der Waals surface area contributed by atoms with Crippen molar-refractivity contribution in [3.63, 3.8) is 0 Å². The van der Waals surface area contributed by atoms with Gasteiger partial charge in [-0.05, 0) is 12.1 Å². The molecular weight excluding hydrogens is 681 g/mol. The zero-order valence-corrected chi connectivity index (χ0v) is 29.7. The smallest absolute Gasteiger partial charge is 0.224 e. The number of pyridine rings is 3. The van der Waals surface area contributed by atoms with Crippen LogP contribution < -0.4 is 28.4 Å². The maximum absolute atomic E-state index is 10.8. The second kappa shape index (κ2) is 32.5. The van der Waals surface area contributed by atoms with Crippen LogP contribution in [0.15, 0.2) is 42.9 Å². The van der Waals surface area contributed by atoms with E-state index in [0.29, 0.717) is 92.3 Å². The van der Waals surface area contributed by atoms with Crippen molar-refractivity contribution in [1.82, 2.24) is 15.0 Å². The van der Waals surface area contributed by atoms with Crippen LogP contribution in [0.3, 0.4) is 0 Å². The summed E-state index contributed by atoms with van der Waals surface area (Å²) in [7, 11) is 8.34. The van der Waals surface area contributed by atoms with Gasteiger partial charge in [-0.15, -0.1) is 0 Å². The van der Waals surface area contributed by atoms with E-state index in [2.05, 4.69) is 15.0 Å². The Labute approximate surface area is 298 Å². The van der Waals surface area contributed by atoms with Crippen molar-refractivity contribution in [2.75, 3.05) is 110 Å². The number of carbonyl (C=O) groups excluding carboxylic acids is 2. The van der Waals surface area contributed by atoms with E-state index in [0.717, 1.165) is 0 Å². The summed E-state index contributed by atoms with van der Waals surface area (Å²) in [4.78, 5) is 33.7. The van der Waals surface area contributed by atoms with Crippen LogP contribution >= 0.6 is 0 Å². The van der Waals surface area contributed by atoms with E-state index in [4.69, 9.17) is 58.2 Å². The van der Waals surface area contributed by atoms with Crippen LogP contribution in [0.1, 0.15) is 22.1 Å². The van der Waals surface area contributed by atoms with Gasteiger partial charge in [0.05, 0.1) is 58.1 Å². The summed E-state index contributed by atoms with van der Waals surface area (Å²) < 4.78 is 75.6. The molecule has 0 aromatic carbocycles. The van der Waals surface area contributed by atoms with E-state index in [1.165, 1.54) is 32.7 Å². The Morgan fingerprint density at radius 1 is 0.569 bits per heavy atom. The van der Waals surface area contributed by atoms with Crippen LogP contribution in [0.5, 0.6) is 34.9 Å². The summed E-state index contributed by atoms with van der Waals surface area (Å²) in [5, 5.41) is 0. The molecule has 17 nitrogen and oxygen atoms in total. The van der Waals surface area contributed by atoms with Crippen molar-refractivity contribution >= 4 is 12.6 Å². The Morgan fingerprint density at radius 2 is 1.08 bits per heavy atom. The number of nitrogens with zero attached hydrogens (tertiary/aromatic N) is 3. The SMILES string of the molecule is COCCOc1cc(C=O)c(OCOC)cn1.COCCOc1ccc(OCOC)cn1.COCCOc1ncc(OCOC)cc1C=O.[2H]CF. The minimum Gasteiger partial charge on any atom is -0.475 e. The molecule has 0 unspecified atom stereocenters. The van der Waals surface area contributed by atoms with Gasteiger partial charge in [0.2, 0.25) is 17.6 Å². The molecule has 0 spiro atoms. The molecule has 0 N–H and O–H groups in total. The number of rotatable bonds is 23. The lowest BCUT2D eigenvalue weighted by atomic mass is 10.3. The molecule has 3 heterocycles. The second-order valence-corrected chi connectivity index (χ2v) is 8.87. The van der Waals surface area contributed by atoms with Gasteiger partial charge in [0.15, 0.2) is 38.7 Å². The van der Waals surface area contributed by atoms with E-state index in [1.807, 2.05) is 0 Å². The highest BCUT2D eigenvalue weighted by Crippen LogP contribution is 2.21. The summed E-state index contributed by atoms with van der Waals surface area (Å²) >= 11 is 0. The summed E-state index contributed by atoms with van der Waals surface area (Å²) in [5.74, 6) is 2.64. The Kier molecular flexibility index (Phi) is 28.2. The molecule has 0 amide bonds. The standard InChI is InChI=1S/2C11H15NO5.C10H15NO4.CH3F/c1-14-3-4-16-11-5-9(7-13)10(6-12-11)17-8-15-2;1-14-3-4-16-11-9(7-13)5-10(6-12-11)17-8-15-2;1-12-5-6-14-10-4-3-9(7-11-10)15-8-13-2;1-2/h2*5-7H,3-4,8H2,1-2H3;3-4,7H,5-6,8H2,1-2H3;1H3/i;;;1D. The first kappa shape index (κ1) is 44.3. The molecule has 3 aromatic heterocycles. The lowest BCUT2D eigenvalue weighted by Gasteiger charge is -2.09. The molecular formula is C33H48FN3O14. The van der Waals surface area contributed by atoms with Crippen molar-refractivity contribution in [2.45, 2.75) is 0 Å². The molecule has 18 heteroatoms. The minimum absolute atomic E-state index is 0.0619. The van der Waals surface area contributed by atoms with Gasteiger partial charge < -0.3 is 56.8 Å². The monoisotopic (exact) mass is 730 g/mol. The third-order valence-corrected chi connectivity index (χ3v) is 5.31. The van der Waals surface area contributed by atoms with E-state index in [9.17, 15) is 14.0 Å². The maximum Gasteiger partial charge on any atom is 0.224 e. The third-order valence-electron chi connectivity index (χ3n) is 5.31. The highest BCUT2D eigenvalue weighted by molar-refractivity contribution is 5.79. The molecule has 286 valence electrons. The van der Waals surface area contributed by atoms with Gasteiger partial charge in [0.1, 0.15) is 31.3 Å². The number of ether oxygens (including phenoxy) is 12. The fourth-order valence-electron chi connectivity index (χ4n) is 3.06. The zero-order valence-electron chi connectivity index (χ0n) is 30.7. The van der Waals surface area contributed by atoms with Crippen molar-refractivity contribution in [3.05, 3.63) is 54.0 Å². The molecule has 0 saturated heterocycles. The summed E-state index contributed by atoms with van der Waals surface area (Å²) in [6.45, 7) is 3.01. The molecule has 51 heavy (non-hydrogen) atoms. The van der Waals surface area contributed by atoms with Crippen LogP contribution in [0.2, 0.25) is 0 Å². The predicted octanol–water partition coefficient (Wildman–Crippen LogP) is 3.48. The molecule has 0 radical (unpaired) electrons. The molecule has 0 aliphatic carbocycles. The highest BCUT2D eigenvalue weighted by atomic mass is 19.1. The molecule has 0 aliphatic rings. The van der Waals surface area contributed by atoms with Crippen molar-refractivity contribution in [3.8, 4) is 34.9 Å². The topological polar surface area (TPSA) is 184 Å². The van der Waals surface area contributed by atoms with E-state index in [1.54, 1.807) is 52.8 Å². The summed E-state index contributed by atoms with van der Waals surface area (Å²) in [6, 6.07) is 6.56. The average Bonchev–Trinajstić information content (AvgIpc) is 3.17. The number of alkyl halides is 1. The fraction of sp³-hybridized carbons (Fsp3) is 0.485. The number of aromatic nitrogens is 3. The molecule has 0 atom stereocenters.